The van der Waals surface area contributed by atoms with Gasteiger partial charge in [0.15, 0.2) is 0 Å². The van der Waals surface area contributed by atoms with Gasteiger partial charge in [-0.05, 0) is 30.3 Å². The van der Waals surface area contributed by atoms with Crippen LogP contribution in [0.4, 0.5) is 30.2 Å². The highest BCUT2D eigenvalue weighted by Crippen LogP contribution is 2.38. The second-order valence-electron chi connectivity index (χ2n) is 4.60. The first-order chi connectivity index (χ1) is 10.7. The van der Waals surface area contributed by atoms with E-state index in [1.165, 1.54) is 59.5 Å². The molecule has 0 heterocycles. The molecule has 0 atom stereocenters. The van der Waals surface area contributed by atoms with Gasteiger partial charge in [-0.2, -0.15) is 0 Å². The number of nitrogens with zero attached hydrogens (tertiary/aromatic N) is 1. The van der Waals surface area contributed by atoms with E-state index in [1.807, 2.05) is 0 Å². The fourth-order valence-corrected chi connectivity index (χ4v) is 2.22. The third kappa shape index (κ3) is 2.55. The minimum atomic E-state index is -0.617. The lowest BCUT2D eigenvalue weighted by molar-refractivity contribution is 0.610. The van der Waals surface area contributed by atoms with Gasteiger partial charge in [0.2, 0.25) is 0 Å². The molecule has 1 nitrogen and oxygen atoms in total. The molecule has 0 unspecified atom stereocenters. The van der Waals surface area contributed by atoms with Crippen molar-refractivity contribution in [3.05, 3.63) is 90.2 Å². The fourth-order valence-electron chi connectivity index (χ4n) is 2.22. The van der Waals surface area contributed by atoms with Crippen molar-refractivity contribution in [2.45, 2.75) is 0 Å². The zero-order valence-electron chi connectivity index (χ0n) is 11.4. The van der Waals surface area contributed by atoms with Crippen LogP contribution in [0.25, 0.3) is 0 Å². The zero-order chi connectivity index (χ0) is 15.5. The molecule has 0 spiro atoms. The van der Waals surface area contributed by atoms with Crippen molar-refractivity contribution >= 4 is 17.1 Å². The minimum Gasteiger partial charge on any atom is -0.301 e. The molecule has 0 amide bonds. The smallest absolute Gasteiger partial charge is 0.147 e. The highest BCUT2D eigenvalue weighted by molar-refractivity contribution is 5.77. The van der Waals surface area contributed by atoms with Crippen molar-refractivity contribution in [1.82, 2.24) is 0 Å². The maximum atomic E-state index is 14.2. The first-order valence-electron chi connectivity index (χ1n) is 6.64. The quantitative estimate of drug-likeness (QED) is 0.628. The molecular formula is C18H11F3N. The molecule has 0 aliphatic heterocycles. The van der Waals surface area contributed by atoms with Crippen molar-refractivity contribution in [1.29, 1.82) is 0 Å². The normalized spacial score (nSPS) is 10.5. The molecule has 0 aliphatic carbocycles. The van der Waals surface area contributed by atoms with E-state index < -0.39 is 17.5 Å². The zero-order valence-corrected chi connectivity index (χ0v) is 11.4. The molecule has 0 fully saturated rings. The van der Waals surface area contributed by atoms with Crippen molar-refractivity contribution < 1.29 is 13.2 Å². The lowest BCUT2D eigenvalue weighted by atomic mass is 10.1. The Bertz CT molecular complexity index is 693. The van der Waals surface area contributed by atoms with E-state index in [4.69, 9.17) is 0 Å². The monoisotopic (exact) mass is 298 g/mol. The Labute approximate surface area is 126 Å². The Hall–Kier alpha value is -2.75. The largest absolute Gasteiger partial charge is 0.301 e. The number of halogens is 3. The molecule has 0 aliphatic rings. The molecule has 3 rings (SSSR count). The lowest BCUT2D eigenvalue weighted by Crippen LogP contribution is -2.14. The Morgan fingerprint density at radius 1 is 0.636 bits per heavy atom. The average Bonchev–Trinajstić information content (AvgIpc) is 2.53. The molecule has 3 aromatic rings. The van der Waals surface area contributed by atoms with E-state index in [1.54, 1.807) is 12.1 Å². The van der Waals surface area contributed by atoms with E-state index >= 15 is 0 Å². The van der Waals surface area contributed by atoms with Crippen molar-refractivity contribution in [2.24, 2.45) is 0 Å². The van der Waals surface area contributed by atoms with Gasteiger partial charge in [0.05, 0.1) is 17.1 Å². The van der Waals surface area contributed by atoms with Gasteiger partial charge < -0.3 is 4.90 Å². The summed E-state index contributed by atoms with van der Waals surface area (Å²) in [5.74, 6) is -1.78. The average molecular weight is 298 g/mol. The van der Waals surface area contributed by atoms with Gasteiger partial charge in [-0.1, -0.05) is 36.4 Å². The third-order valence-corrected chi connectivity index (χ3v) is 3.20. The summed E-state index contributed by atoms with van der Waals surface area (Å²) in [5.41, 5.74) is 0.0561. The van der Waals surface area contributed by atoms with E-state index in [-0.39, 0.29) is 17.1 Å². The van der Waals surface area contributed by atoms with Gasteiger partial charge in [-0.25, -0.2) is 13.2 Å². The maximum Gasteiger partial charge on any atom is 0.147 e. The summed E-state index contributed by atoms with van der Waals surface area (Å²) in [4.78, 5) is 1.18. The number of benzene rings is 3. The Morgan fingerprint density at radius 3 is 1.64 bits per heavy atom. The first-order valence-corrected chi connectivity index (χ1v) is 6.64. The van der Waals surface area contributed by atoms with E-state index in [0.29, 0.717) is 0 Å². The standard InChI is InChI=1S/C18H11F3N/c19-13-7-1-4-10-16(13)22(17-11-5-2-8-14(17)20)18-12-6-3-9-15(18)21/h1-11H. The predicted octanol–water partition coefficient (Wildman–Crippen LogP) is 5.37. The molecule has 0 aromatic heterocycles. The summed E-state index contributed by atoms with van der Waals surface area (Å²) in [7, 11) is 0. The molecular weight excluding hydrogens is 287 g/mol. The van der Waals surface area contributed by atoms with Gasteiger partial charge in [0.1, 0.15) is 17.5 Å². The van der Waals surface area contributed by atoms with Gasteiger partial charge in [-0.15, -0.1) is 0 Å². The summed E-state index contributed by atoms with van der Waals surface area (Å²) < 4.78 is 42.5. The molecule has 0 N–H and O–H groups in total. The van der Waals surface area contributed by atoms with Gasteiger partial charge in [0, 0.05) is 6.07 Å². The summed E-state index contributed by atoms with van der Waals surface area (Å²) in [5, 5.41) is 0. The molecule has 22 heavy (non-hydrogen) atoms. The molecule has 1 radical (unpaired) electrons. The Morgan fingerprint density at radius 2 is 1.14 bits per heavy atom. The van der Waals surface area contributed by atoms with E-state index in [0.717, 1.165) is 0 Å². The maximum absolute atomic E-state index is 14.2. The molecule has 3 aromatic carbocycles. The predicted molar refractivity (Wildman–Crippen MR) is 79.8 cm³/mol. The van der Waals surface area contributed by atoms with Crippen LogP contribution in [0, 0.1) is 23.5 Å². The first kappa shape index (κ1) is 14.2. The summed E-state index contributed by atoms with van der Waals surface area (Å²) in [6.45, 7) is 0. The van der Waals surface area contributed by atoms with Crippen LogP contribution in [0.5, 0.6) is 0 Å². The van der Waals surface area contributed by atoms with Crippen LogP contribution in [-0.2, 0) is 0 Å². The Balaban J connectivity index is 2.27. The fraction of sp³-hybridized carbons (Fsp3) is 0. The second-order valence-corrected chi connectivity index (χ2v) is 4.60. The second kappa shape index (κ2) is 5.93. The topological polar surface area (TPSA) is 3.24 Å². The number of para-hydroxylation sites is 3. The number of rotatable bonds is 3. The highest BCUT2D eigenvalue weighted by Gasteiger charge is 2.21. The summed E-state index contributed by atoms with van der Waals surface area (Å²) in [6, 6.07) is 18.5. The van der Waals surface area contributed by atoms with Gasteiger partial charge in [-0.3, -0.25) is 0 Å². The SMILES string of the molecule is Fc1ccc[c]c1N(c1ccccc1F)c1ccccc1F. The van der Waals surface area contributed by atoms with Crippen LogP contribution >= 0.6 is 0 Å². The van der Waals surface area contributed by atoms with Crippen molar-refractivity contribution in [3.8, 4) is 0 Å². The summed E-state index contributed by atoms with van der Waals surface area (Å²) in [6.07, 6.45) is 0. The van der Waals surface area contributed by atoms with E-state index in [9.17, 15) is 13.2 Å². The van der Waals surface area contributed by atoms with Gasteiger partial charge in [0.25, 0.3) is 0 Å². The van der Waals surface area contributed by atoms with Gasteiger partial charge >= 0.3 is 0 Å². The Kier molecular flexibility index (Phi) is 3.83. The van der Waals surface area contributed by atoms with Crippen LogP contribution in [0.2, 0.25) is 0 Å². The van der Waals surface area contributed by atoms with Crippen molar-refractivity contribution in [2.75, 3.05) is 4.90 Å². The molecule has 0 saturated carbocycles. The number of anilines is 3. The molecule has 0 saturated heterocycles. The van der Waals surface area contributed by atoms with Crippen LogP contribution in [0.1, 0.15) is 0 Å². The minimum absolute atomic E-state index is 0.0438. The lowest BCUT2D eigenvalue weighted by Gasteiger charge is -2.26. The van der Waals surface area contributed by atoms with Crippen molar-refractivity contribution in [3.63, 3.8) is 0 Å². The van der Waals surface area contributed by atoms with Crippen LogP contribution in [-0.4, -0.2) is 0 Å². The molecule has 0 bridgehead atoms. The van der Waals surface area contributed by atoms with E-state index in [2.05, 4.69) is 6.07 Å². The highest BCUT2D eigenvalue weighted by atomic mass is 19.1. The van der Waals surface area contributed by atoms with Crippen LogP contribution in [0.15, 0.2) is 66.7 Å². The number of hydrogen-bond donors (Lipinski definition) is 0. The molecule has 4 heteroatoms. The summed E-state index contributed by atoms with van der Waals surface area (Å²) >= 11 is 0. The number of hydrogen-bond acceptors (Lipinski definition) is 1. The third-order valence-electron chi connectivity index (χ3n) is 3.20. The van der Waals surface area contributed by atoms with Crippen LogP contribution < -0.4 is 4.90 Å². The van der Waals surface area contributed by atoms with Crippen LogP contribution in [0.3, 0.4) is 0 Å². The molecule has 109 valence electrons.